The van der Waals surface area contributed by atoms with E-state index in [4.69, 9.17) is 5.11 Å². The van der Waals surface area contributed by atoms with Crippen LogP contribution < -0.4 is 5.32 Å². The maximum Gasteiger partial charge on any atom is 0.326 e. The van der Waals surface area contributed by atoms with Gasteiger partial charge in [0.15, 0.2) is 0 Å². The van der Waals surface area contributed by atoms with Gasteiger partial charge in [-0.3, -0.25) is 4.79 Å². The third-order valence-corrected chi connectivity index (χ3v) is 3.73. The Morgan fingerprint density at radius 1 is 1.50 bits per heavy atom. The number of hydrogen-bond acceptors (Lipinski definition) is 4. The molecule has 0 spiro atoms. The monoisotopic (exact) mass is 293 g/mol. The van der Waals surface area contributed by atoms with Crippen LogP contribution in [0.4, 0.5) is 0 Å². The molecule has 2 aromatic heterocycles. The van der Waals surface area contributed by atoms with Crippen LogP contribution in [-0.4, -0.2) is 33.0 Å². The highest BCUT2D eigenvalue weighted by Gasteiger charge is 2.20. The molecule has 0 saturated heterocycles. The predicted octanol–water partition coefficient (Wildman–Crippen LogP) is 1.22. The summed E-state index contributed by atoms with van der Waals surface area (Å²) < 4.78 is 0. The van der Waals surface area contributed by atoms with Crippen molar-refractivity contribution in [2.45, 2.75) is 25.3 Å². The molecule has 2 aromatic rings. The number of aromatic amines is 1. The molecule has 2 rings (SSSR count). The fourth-order valence-electron chi connectivity index (χ4n) is 1.77. The summed E-state index contributed by atoms with van der Waals surface area (Å²) in [5.74, 6) is -1.31. The zero-order valence-electron chi connectivity index (χ0n) is 10.7. The van der Waals surface area contributed by atoms with E-state index in [0.717, 1.165) is 4.88 Å². The summed E-state index contributed by atoms with van der Waals surface area (Å²) in [6.45, 7) is 0. The van der Waals surface area contributed by atoms with Crippen molar-refractivity contribution < 1.29 is 14.7 Å². The van der Waals surface area contributed by atoms with Gasteiger partial charge in [-0.05, 0) is 17.9 Å². The molecule has 0 aliphatic rings. The lowest BCUT2D eigenvalue weighted by Gasteiger charge is -2.13. The SMILES string of the molecule is O=C(CCc1cccs1)N[C@H](Cc1cnc[nH]1)C(=O)O. The van der Waals surface area contributed by atoms with Crippen molar-refractivity contribution in [1.29, 1.82) is 0 Å². The van der Waals surface area contributed by atoms with Gasteiger partial charge in [0.05, 0.1) is 6.33 Å². The number of nitrogens with one attached hydrogen (secondary N) is 2. The summed E-state index contributed by atoms with van der Waals surface area (Å²) in [5, 5.41) is 13.6. The standard InChI is InChI=1S/C13H15N3O3S/c17-12(4-3-10-2-1-5-20-10)16-11(13(18)19)6-9-7-14-8-15-9/h1-2,5,7-8,11H,3-4,6H2,(H,14,15)(H,16,17)(H,18,19)/t11-/m1/s1. The van der Waals surface area contributed by atoms with Gasteiger partial charge < -0.3 is 15.4 Å². The maximum atomic E-state index is 11.8. The van der Waals surface area contributed by atoms with E-state index in [1.165, 1.54) is 6.33 Å². The quantitative estimate of drug-likeness (QED) is 0.715. The number of carbonyl (C=O) groups is 2. The van der Waals surface area contributed by atoms with Crippen molar-refractivity contribution in [1.82, 2.24) is 15.3 Å². The highest BCUT2D eigenvalue weighted by atomic mass is 32.1. The minimum atomic E-state index is -1.05. The van der Waals surface area contributed by atoms with Crippen molar-refractivity contribution in [3.05, 3.63) is 40.6 Å². The van der Waals surface area contributed by atoms with E-state index < -0.39 is 12.0 Å². The number of hydrogen-bond donors (Lipinski definition) is 3. The van der Waals surface area contributed by atoms with E-state index in [0.29, 0.717) is 12.1 Å². The van der Waals surface area contributed by atoms with Crippen molar-refractivity contribution in [2.24, 2.45) is 0 Å². The average molecular weight is 293 g/mol. The fourth-order valence-corrected chi connectivity index (χ4v) is 2.48. The number of imidazole rings is 1. The number of carboxylic acid groups (broad SMARTS) is 1. The van der Waals surface area contributed by atoms with Gasteiger partial charge in [0.1, 0.15) is 6.04 Å². The zero-order valence-corrected chi connectivity index (χ0v) is 11.5. The summed E-state index contributed by atoms with van der Waals surface area (Å²) in [6, 6.07) is 2.94. The van der Waals surface area contributed by atoms with Gasteiger partial charge in [0.2, 0.25) is 5.91 Å². The molecule has 6 nitrogen and oxygen atoms in total. The number of carbonyl (C=O) groups excluding carboxylic acids is 1. The number of thiophene rings is 1. The molecule has 0 bridgehead atoms. The first-order valence-corrected chi connectivity index (χ1v) is 7.05. The molecule has 106 valence electrons. The Bertz CT molecular complexity index is 551. The molecular formula is C13H15N3O3S. The van der Waals surface area contributed by atoms with Crippen LogP contribution in [0.25, 0.3) is 0 Å². The molecule has 7 heteroatoms. The van der Waals surface area contributed by atoms with E-state index in [1.54, 1.807) is 17.5 Å². The molecule has 3 N–H and O–H groups in total. The largest absolute Gasteiger partial charge is 0.480 e. The van der Waals surface area contributed by atoms with Crippen LogP contribution in [0.5, 0.6) is 0 Å². The maximum absolute atomic E-state index is 11.8. The Morgan fingerprint density at radius 2 is 2.35 bits per heavy atom. The topological polar surface area (TPSA) is 95.1 Å². The third-order valence-electron chi connectivity index (χ3n) is 2.79. The van der Waals surface area contributed by atoms with Crippen LogP contribution in [0.15, 0.2) is 30.0 Å². The van der Waals surface area contributed by atoms with Crippen LogP contribution in [0.2, 0.25) is 0 Å². The summed E-state index contributed by atoms with van der Waals surface area (Å²) in [7, 11) is 0. The number of aryl methyl sites for hydroxylation is 1. The molecule has 2 heterocycles. The van der Waals surface area contributed by atoms with Crippen molar-refractivity contribution in [2.75, 3.05) is 0 Å². The number of aromatic nitrogens is 2. The van der Waals surface area contributed by atoms with Gasteiger partial charge in [-0.25, -0.2) is 9.78 Å². The van der Waals surface area contributed by atoms with E-state index in [9.17, 15) is 9.59 Å². The first-order chi connectivity index (χ1) is 9.65. The average Bonchev–Trinajstić information content (AvgIpc) is 3.08. The molecule has 0 unspecified atom stereocenters. The highest BCUT2D eigenvalue weighted by Crippen LogP contribution is 2.10. The van der Waals surface area contributed by atoms with Gasteiger partial charge in [-0.2, -0.15) is 0 Å². The summed E-state index contributed by atoms with van der Waals surface area (Å²) in [5.41, 5.74) is 0.677. The lowest BCUT2D eigenvalue weighted by molar-refractivity contribution is -0.141. The lowest BCUT2D eigenvalue weighted by atomic mass is 10.1. The zero-order chi connectivity index (χ0) is 14.4. The number of amides is 1. The van der Waals surface area contributed by atoms with Gasteiger partial charge in [0, 0.05) is 29.6 Å². The summed E-state index contributed by atoms with van der Waals surface area (Å²) in [4.78, 5) is 30.7. The number of nitrogens with zero attached hydrogens (tertiary/aromatic N) is 1. The van der Waals surface area contributed by atoms with Crippen LogP contribution in [-0.2, 0) is 22.4 Å². The predicted molar refractivity (Wildman–Crippen MR) is 74.5 cm³/mol. The Kier molecular flexibility index (Phi) is 4.89. The normalized spacial score (nSPS) is 12.0. The molecule has 1 atom stereocenters. The molecule has 0 fully saturated rings. The number of carboxylic acids is 1. The van der Waals surface area contributed by atoms with Crippen molar-refractivity contribution in [3.63, 3.8) is 0 Å². The minimum Gasteiger partial charge on any atom is -0.480 e. The van der Waals surface area contributed by atoms with E-state index in [-0.39, 0.29) is 18.7 Å². The van der Waals surface area contributed by atoms with E-state index in [1.807, 2.05) is 17.5 Å². The Morgan fingerprint density at radius 3 is 2.95 bits per heavy atom. The second-order valence-electron chi connectivity index (χ2n) is 4.32. The first-order valence-electron chi connectivity index (χ1n) is 6.17. The lowest BCUT2D eigenvalue weighted by Crippen LogP contribution is -2.42. The number of aliphatic carboxylic acids is 1. The van der Waals surface area contributed by atoms with Crippen LogP contribution in [0.3, 0.4) is 0 Å². The summed E-state index contributed by atoms with van der Waals surface area (Å²) >= 11 is 1.58. The minimum absolute atomic E-state index is 0.195. The molecule has 0 radical (unpaired) electrons. The Labute approximate surface area is 119 Å². The Balaban J connectivity index is 1.84. The number of H-pyrrole nitrogens is 1. The molecule has 0 aliphatic carbocycles. The second kappa shape index (κ2) is 6.85. The molecule has 0 saturated carbocycles. The van der Waals surface area contributed by atoms with Crippen molar-refractivity contribution >= 4 is 23.2 Å². The van der Waals surface area contributed by atoms with Gasteiger partial charge in [-0.15, -0.1) is 11.3 Å². The second-order valence-corrected chi connectivity index (χ2v) is 5.35. The number of rotatable bonds is 7. The van der Waals surface area contributed by atoms with E-state index >= 15 is 0 Å². The smallest absolute Gasteiger partial charge is 0.326 e. The third kappa shape index (κ3) is 4.20. The first kappa shape index (κ1) is 14.3. The molecule has 20 heavy (non-hydrogen) atoms. The van der Waals surface area contributed by atoms with E-state index in [2.05, 4.69) is 15.3 Å². The van der Waals surface area contributed by atoms with Gasteiger partial charge >= 0.3 is 5.97 Å². The molecule has 0 aliphatic heterocycles. The van der Waals surface area contributed by atoms with Crippen LogP contribution in [0, 0.1) is 0 Å². The van der Waals surface area contributed by atoms with Crippen LogP contribution >= 0.6 is 11.3 Å². The van der Waals surface area contributed by atoms with Crippen LogP contribution in [0.1, 0.15) is 17.0 Å². The van der Waals surface area contributed by atoms with Crippen molar-refractivity contribution in [3.8, 4) is 0 Å². The Hall–Kier alpha value is -2.15. The van der Waals surface area contributed by atoms with Gasteiger partial charge in [0.25, 0.3) is 0 Å². The van der Waals surface area contributed by atoms with Gasteiger partial charge in [-0.1, -0.05) is 6.07 Å². The fraction of sp³-hybridized carbons (Fsp3) is 0.308. The highest BCUT2D eigenvalue weighted by molar-refractivity contribution is 7.09. The molecule has 1 amide bonds. The molecular weight excluding hydrogens is 278 g/mol. The summed E-state index contributed by atoms with van der Waals surface area (Å²) in [6.07, 6.45) is 4.13. The molecule has 0 aromatic carbocycles.